The van der Waals surface area contributed by atoms with Gasteiger partial charge in [-0.25, -0.2) is 9.59 Å². The highest BCUT2D eigenvalue weighted by Gasteiger charge is 2.32. The topological polar surface area (TPSA) is 55.9 Å². The smallest absolute Gasteiger partial charge is 0.320 e. The molecule has 51 heavy (non-hydrogen) atoms. The summed E-state index contributed by atoms with van der Waals surface area (Å²) < 4.78 is 0. The second kappa shape index (κ2) is 21.0. The van der Waals surface area contributed by atoms with Gasteiger partial charge in [0.05, 0.1) is 0 Å². The van der Waals surface area contributed by atoms with E-state index < -0.39 is 0 Å². The highest BCUT2D eigenvalue weighted by atomic mass is 16.2. The Morgan fingerprint density at radius 2 is 0.765 bits per heavy atom. The van der Waals surface area contributed by atoms with Gasteiger partial charge in [0.2, 0.25) is 0 Å². The fourth-order valence-corrected chi connectivity index (χ4v) is 6.38. The highest BCUT2D eigenvalue weighted by Crippen LogP contribution is 2.27. The molecule has 6 heteroatoms. The number of amides is 4. The van der Waals surface area contributed by atoms with Crippen LogP contribution in [-0.4, -0.2) is 52.9 Å². The molecule has 2 aliphatic rings. The third-order valence-electron chi connectivity index (χ3n) is 8.84. The maximum Gasteiger partial charge on any atom is 0.320 e. The SMILES string of the molecule is CC.CC.O=C1N(Cc2ccccc2)CC(c2ccccc2)CN1Cc1ccccc1.O=C1NCC(c2ccccc2)CN1Cc1ccccc1. The van der Waals surface area contributed by atoms with Gasteiger partial charge in [0.1, 0.15) is 0 Å². The molecule has 2 saturated heterocycles. The van der Waals surface area contributed by atoms with Crippen molar-refractivity contribution in [2.45, 2.75) is 59.2 Å². The van der Waals surface area contributed by atoms with Crippen LogP contribution in [0, 0.1) is 0 Å². The molecular formula is C45H54N4O2. The van der Waals surface area contributed by atoms with E-state index >= 15 is 0 Å². The van der Waals surface area contributed by atoms with Crippen molar-refractivity contribution in [3.8, 4) is 0 Å². The van der Waals surface area contributed by atoms with Crippen molar-refractivity contribution in [3.05, 3.63) is 179 Å². The minimum atomic E-state index is 0.0287. The number of rotatable bonds is 8. The van der Waals surface area contributed by atoms with E-state index in [-0.39, 0.29) is 12.1 Å². The molecule has 1 unspecified atom stereocenters. The maximum absolute atomic E-state index is 13.2. The van der Waals surface area contributed by atoms with Gasteiger partial charge in [0.15, 0.2) is 0 Å². The van der Waals surface area contributed by atoms with Crippen LogP contribution in [0.2, 0.25) is 0 Å². The summed E-state index contributed by atoms with van der Waals surface area (Å²) in [6.45, 7) is 12.9. The molecule has 266 valence electrons. The van der Waals surface area contributed by atoms with Crippen LogP contribution in [0.5, 0.6) is 0 Å². The Hall–Kier alpha value is -5.36. The fraction of sp³-hybridized carbons (Fsp3) is 0.289. The first kappa shape index (κ1) is 38.4. The Kier molecular flexibility index (Phi) is 15.8. The summed E-state index contributed by atoms with van der Waals surface area (Å²) in [5.41, 5.74) is 6.07. The first-order chi connectivity index (χ1) is 25.1. The van der Waals surface area contributed by atoms with E-state index in [4.69, 9.17) is 0 Å². The lowest BCUT2D eigenvalue weighted by Crippen LogP contribution is -2.51. The molecule has 2 aliphatic heterocycles. The highest BCUT2D eigenvalue weighted by molar-refractivity contribution is 5.76. The van der Waals surface area contributed by atoms with Gasteiger partial charge in [0.25, 0.3) is 0 Å². The van der Waals surface area contributed by atoms with Crippen LogP contribution in [-0.2, 0) is 19.6 Å². The molecule has 7 rings (SSSR count). The predicted molar refractivity (Wildman–Crippen MR) is 210 cm³/mol. The zero-order valence-corrected chi connectivity index (χ0v) is 30.7. The summed E-state index contributed by atoms with van der Waals surface area (Å²) in [6.07, 6.45) is 0. The number of carbonyl (C=O) groups excluding carboxylic acids is 2. The molecule has 1 N–H and O–H groups in total. The lowest BCUT2D eigenvalue weighted by molar-refractivity contribution is 0.113. The third-order valence-corrected chi connectivity index (χ3v) is 8.84. The Labute approximate surface area is 305 Å². The first-order valence-electron chi connectivity index (χ1n) is 18.4. The van der Waals surface area contributed by atoms with E-state index in [2.05, 4.69) is 78.1 Å². The van der Waals surface area contributed by atoms with Gasteiger partial charge in [-0.05, 0) is 27.8 Å². The molecule has 4 amide bonds. The van der Waals surface area contributed by atoms with Gasteiger partial charge in [-0.1, -0.05) is 179 Å². The second-order valence-corrected chi connectivity index (χ2v) is 12.3. The molecule has 2 heterocycles. The molecule has 6 nitrogen and oxygen atoms in total. The molecule has 0 saturated carbocycles. The molecule has 0 aliphatic carbocycles. The lowest BCUT2D eigenvalue weighted by Gasteiger charge is -2.40. The van der Waals surface area contributed by atoms with Crippen molar-refractivity contribution >= 4 is 12.1 Å². The Balaban J connectivity index is 0.000000216. The van der Waals surface area contributed by atoms with Crippen LogP contribution < -0.4 is 5.32 Å². The fourth-order valence-electron chi connectivity index (χ4n) is 6.38. The van der Waals surface area contributed by atoms with Crippen LogP contribution in [0.4, 0.5) is 9.59 Å². The molecule has 5 aromatic carbocycles. The van der Waals surface area contributed by atoms with Crippen LogP contribution >= 0.6 is 0 Å². The van der Waals surface area contributed by atoms with Gasteiger partial charge in [-0.15, -0.1) is 0 Å². The zero-order valence-electron chi connectivity index (χ0n) is 30.7. The summed E-state index contributed by atoms with van der Waals surface area (Å²) in [6, 6.07) is 51.6. The molecular weight excluding hydrogens is 629 g/mol. The standard InChI is InChI=1S/C24H24N2O.C17H18N2O.2C2H6/c27-24-25(16-20-10-4-1-5-11-20)18-23(22-14-8-3-9-15-22)19-26(24)17-21-12-6-2-7-13-21;20-17-18-11-16(15-9-5-2-6-10-15)13-19(17)12-14-7-3-1-4-8-14;2*1-2/h1-15,23H,16-19H2;1-10,16H,11-13H2,(H,18,20);2*1-2H3. The molecule has 0 spiro atoms. The summed E-state index contributed by atoms with van der Waals surface area (Å²) in [4.78, 5) is 31.0. The molecule has 1 atom stereocenters. The van der Waals surface area contributed by atoms with Gasteiger partial charge in [-0.2, -0.15) is 0 Å². The van der Waals surface area contributed by atoms with E-state index in [0.29, 0.717) is 38.0 Å². The van der Waals surface area contributed by atoms with Crippen LogP contribution in [0.1, 0.15) is 67.3 Å². The van der Waals surface area contributed by atoms with E-state index in [1.54, 1.807) is 0 Å². The molecule has 0 aromatic heterocycles. The van der Waals surface area contributed by atoms with Crippen LogP contribution in [0.15, 0.2) is 152 Å². The average Bonchev–Trinajstić information content (AvgIpc) is 3.21. The lowest BCUT2D eigenvalue weighted by atomic mass is 9.95. The van der Waals surface area contributed by atoms with Gasteiger partial charge in [0, 0.05) is 57.6 Å². The Morgan fingerprint density at radius 1 is 0.451 bits per heavy atom. The number of benzene rings is 5. The zero-order chi connectivity index (χ0) is 36.3. The van der Waals surface area contributed by atoms with E-state index in [9.17, 15) is 9.59 Å². The number of hydrogen-bond donors (Lipinski definition) is 1. The third kappa shape index (κ3) is 11.6. The van der Waals surface area contributed by atoms with Crippen molar-refractivity contribution < 1.29 is 9.59 Å². The molecule has 2 fully saturated rings. The van der Waals surface area contributed by atoms with Crippen molar-refractivity contribution in [3.63, 3.8) is 0 Å². The van der Waals surface area contributed by atoms with E-state index in [1.807, 2.05) is 121 Å². The van der Waals surface area contributed by atoms with E-state index in [1.165, 1.54) is 22.3 Å². The van der Waals surface area contributed by atoms with Gasteiger partial charge in [-0.3, -0.25) is 0 Å². The Morgan fingerprint density at radius 3 is 1.16 bits per heavy atom. The van der Waals surface area contributed by atoms with Gasteiger partial charge >= 0.3 is 12.1 Å². The van der Waals surface area contributed by atoms with Crippen molar-refractivity contribution in [2.75, 3.05) is 26.2 Å². The Bertz CT molecular complexity index is 1630. The van der Waals surface area contributed by atoms with E-state index in [0.717, 1.165) is 25.2 Å². The average molecular weight is 683 g/mol. The largest absolute Gasteiger partial charge is 0.337 e. The number of nitrogens with zero attached hydrogens (tertiary/aromatic N) is 3. The minimum Gasteiger partial charge on any atom is -0.337 e. The quantitative estimate of drug-likeness (QED) is 0.177. The predicted octanol–water partition coefficient (Wildman–Crippen LogP) is 9.96. The molecule has 0 radical (unpaired) electrons. The molecule has 0 bridgehead atoms. The second-order valence-electron chi connectivity index (χ2n) is 12.3. The minimum absolute atomic E-state index is 0.0287. The summed E-state index contributed by atoms with van der Waals surface area (Å²) >= 11 is 0. The summed E-state index contributed by atoms with van der Waals surface area (Å²) in [7, 11) is 0. The van der Waals surface area contributed by atoms with Crippen molar-refractivity contribution in [1.82, 2.24) is 20.0 Å². The van der Waals surface area contributed by atoms with Crippen molar-refractivity contribution in [1.29, 1.82) is 0 Å². The van der Waals surface area contributed by atoms with Crippen LogP contribution in [0.25, 0.3) is 0 Å². The number of carbonyl (C=O) groups is 2. The van der Waals surface area contributed by atoms with Crippen molar-refractivity contribution in [2.24, 2.45) is 0 Å². The summed E-state index contributed by atoms with van der Waals surface area (Å²) in [5.74, 6) is 0.675. The number of nitrogens with one attached hydrogen (secondary N) is 1. The maximum atomic E-state index is 13.2. The van der Waals surface area contributed by atoms with Gasteiger partial charge < -0.3 is 20.0 Å². The van der Waals surface area contributed by atoms with Crippen LogP contribution in [0.3, 0.4) is 0 Å². The monoisotopic (exact) mass is 682 g/mol. The number of hydrogen-bond acceptors (Lipinski definition) is 2. The first-order valence-corrected chi connectivity index (χ1v) is 18.4. The summed E-state index contributed by atoms with van der Waals surface area (Å²) in [5, 5.41) is 2.99. The number of urea groups is 2. The normalized spacial score (nSPS) is 15.6. The molecule has 5 aromatic rings.